The summed E-state index contributed by atoms with van der Waals surface area (Å²) in [6, 6.07) is 7.42. The van der Waals surface area contributed by atoms with Crippen molar-refractivity contribution in [3.8, 4) is 0 Å². The minimum atomic E-state index is -0.337. The number of nitrogens with zero attached hydrogens (tertiary/aromatic N) is 4. The maximum Gasteiger partial charge on any atom is 0.317 e. The molecule has 2 aliphatic heterocycles. The van der Waals surface area contributed by atoms with Crippen LogP contribution in [0, 0.1) is 0 Å². The summed E-state index contributed by atoms with van der Waals surface area (Å²) < 4.78 is 5.57. The average Bonchev–Trinajstić information content (AvgIpc) is 3.44. The van der Waals surface area contributed by atoms with Gasteiger partial charge >= 0.3 is 6.03 Å². The lowest BCUT2D eigenvalue weighted by Gasteiger charge is -2.36. The second-order valence-corrected chi connectivity index (χ2v) is 8.55. The summed E-state index contributed by atoms with van der Waals surface area (Å²) in [5.41, 5.74) is 1.04. The van der Waals surface area contributed by atoms with Crippen molar-refractivity contribution in [1.29, 1.82) is 0 Å². The van der Waals surface area contributed by atoms with E-state index in [1.807, 2.05) is 24.3 Å². The molecule has 30 heavy (non-hydrogen) atoms. The number of amides is 3. The first-order chi connectivity index (χ1) is 14.6. The smallest absolute Gasteiger partial charge is 0.317 e. The van der Waals surface area contributed by atoms with Crippen molar-refractivity contribution in [1.82, 2.24) is 20.4 Å². The van der Waals surface area contributed by atoms with Gasteiger partial charge in [0.15, 0.2) is 0 Å². The number of carbonyl (C=O) groups excluding carboxylic acids is 2. The summed E-state index contributed by atoms with van der Waals surface area (Å²) in [6.07, 6.45) is 1.90. The molecule has 0 saturated carbocycles. The van der Waals surface area contributed by atoms with E-state index >= 15 is 0 Å². The number of hydrogen-bond donors (Lipinski definition) is 2. The highest BCUT2D eigenvalue weighted by Gasteiger charge is 2.23. The number of benzene rings is 1. The summed E-state index contributed by atoms with van der Waals surface area (Å²) in [5, 5.41) is 15.3. The molecule has 0 spiro atoms. The number of hydrogen-bond acceptors (Lipinski definition) is 7. The normalized spacial score (nSPS) is 19.0. The molecule has 1 atom stereocenters. The summed E-state index contributed by atoms with van der Waals surface area (Å²) in [7, 11) is 0. The quantitative estimate of drug-likeness (QED) is 0.726. The highest BCUT2D eigenvalue weighted by Crippen LogP contribution is 2.31. The minimum absolute atomic E-state index is 0.0292. The van der Waals surface area contributed by atoms with Crippen molar-refractivity contribution in [2.75, 3.05) is 49.5 Å². The molecule has 2 fully saturated rings. The van der Waals surface area contributed by atoms with E-state index in [-0.39, 0.29) is 24.6 Å². The van der Waals surface area contributed by atoms with Crippen LogP contribution in [0.4, 0.5) is 15.6 Å². The number of piperazine rings is 1. The van der Waals surface area contributed by atoms with Crippen molar-refractivity contribution in [2.24, 2.45) is 0 Å². The van der Waals surface area contributed by atoms with Gasteiger partial charge in [-0.05, 0) is 31.0 Å². The van der Waals surface area contributed by atoms with E-state index in [2.05, 4.69) is 25.7 Å². The van der Waals surface area contributed by atoms with Gasteiger partial charge in [0, 0.05) is 43.5 Å². The van der Waals surface area contributed by atoms with Crippen LogP contribution in [0.15, 0.2) is 24.3 Å². The Hall–Kier alpha value is -2.43. The lowest BCUT2D eigenvalue weighted by atomic mass is 10.2. The Morgan fingerprint density at radius 1 is 1.23 bits per heavy atom. The highest BCUT2D eigenvalue weighted by molar-refractivity contribution is 7.15. The van der Waals surface area contributed by atoms with Gasteiger partial charge in [-0.1, -0.05) is 29.0 Å². The molecular weight excluding hydrogens is 428 g/mol. The van der Waals surface area contributed by atoms with Crippen LogP contribution in [-0.4, -0.2) is 66.4 Å². The standard InChI is InChI=1S/C19H23ClN6O3S/c20-13-3-1-4-14(11-13)25-6-8-26(9-7-25)19(28)21-12-16(27)22-18-24-23-17(30-18)15-5-2-10-29-15/h1,3-4,11,15H,2,5-10,12H2,(H,21,28)(H,22,24,27)/t15-/m1/s1. The lowest BCUT2D eigenvalue weighted by Crippen LogP contribution is -2.52. The zero-order chi connectivity index (χ0) is 20.9. The predicted octanol–water partition coefficient (Wildman–Crippen LogP) is 2.51. The molecule has 0 bridgehead atoms. The predicted molar refractivity (Wildman–Crippen MR) is 115 cm³/mol. The lowest BCUT2D eigenvalue weighted by molar-refractivity contribution is -0.115. The first kappa shape index (κ1) is 20.8. The Bertz CT molecular complexity index is 896. The highest BCUT2D eigenvalue weighted by atomic mass is 35.5. The zero-order valence-electron chi connectivity index (χ0n) is 16.3. The molecule has 0 aliphatic carbocycles. The second kappa shape index (κ2) is 9.59. The van der Waals surface area contributed by atoms with Crippen molar-refractivity contribution >= 4 is 45.7 Å². The molecule has 2 N–H and O–H groups in total. The van der Waals surface area contributed by atoms with Crippen LogP contribution in [0.2, 0.25) is 5.02 Å². The molecule has 2 aromatic rings. The Morgan fingerprint density at radius 3 is 2.80 bits per heavy atom. The molecule has 0 radical (unpaired) electrons. The van der Waals surface area contributed by atoms with Crippen molar-refractivity contribution in [3.63, 3.8) is 0 Å². The van der Waals surface area contributed by atoms with Crippen molar-refractivity contribution in [3.05, 3.63) is 34.3 Å². The number of anilines is 2. The largest absolute Gasteiger partial charge is 0.371 e. The first-order valence-electron chi connectivity index (χ1n) is 9.86. The number of aromatic nitrogens is 2. The Morgan fingerprint density at radius 2 is 2.07 bits per heavy atom. The molecule has 2 aliphatic rings. The molecule has 9 nitrogen and oxygen atoms in total. The SMILES string of the molecule is O=C(CNC(=O)N1CCN(c2cccc(Cl)c2)CC1)Nc1nnc([C@H]2CCCO2)s1. The fraction of sp³-hybridized carbons (Fsp3) is 0.474. The Balaban J connectivity index is 1.20. The number of nitrogens with one attached hydrogen (secondary N) is 2. The average molecular weight is 451 g/mol. The van der Waals surface area contributed by atoms with E-state index in [4.69, 9.17) is 16.3 Å². The topological polar surface area (TPSA) is 99.7 Å². The monoisotopic (exact) mass is 450 g/mol. The summed E-state index contributed by atoms with van der Waals surface area (Å²) in [6.45, 7) is 3.16. The van der Waals surface area contributed by atoms with E-state index in [0.717, 1.165) is 30.1 Å². The van der Waals surface area contributed by atoms with Crippen LogP contribution in [-0.2, 0) is 9.53 Å². The van der Waals surface area contributed by atoms with Gasteiger partial charge in [-0.25, -0.2) is 4.79 Å². The van der Waals surface area contributed by atoms with Gasteiger partial charge in [-0.2, -0.15) is 0 Å². The Labute approximate surface area is 183 Å². The van der Waals surface area contributed by atoms with E-state index in [9.17, 15) is 9.59 Å². The molecule has 1 aromatic heterocycles. The van der Waals surface area contributed by atoms with Crippen LogP contribution in [0.25, 0.3) is 0 Å². The molecule has 2 saturated heterocycles. The van der Waals surface area contributed by atoms with Crippen LogP contribution in [0.5, 0.6) is 0 Å². The molecule has 4 rings (SSSR count). The summed E-state index contributed by atoms with van der Waals surface area (Å²) in [5.74, 6) is -0.337. The van der Waals surface area contributed by atoms with Crippen LogP contribution in [0.3, 0.4) is 0 Å². The van der Waals surface area contributed by atoms with Gasteiger partial charge in [0.05, 0.1) is 6.54 Å². The Kier molecular flexibility index (Phi) is 6.66. The molecular formula is C19H23ClN6O3S. The van der Waals surface area contributed by atoms with Gasteiger partial charge in [0.1, 0.15) is 11.1 Å². The molecule has 11 heteroatoms. The van der Waals surface area contributed by atoms with Crippen LogP contribution >= 0.6 is 22.9 Å². The molecule has 0 unspecified atom stereocenters. The number of halogens is 1. The zero-order valence-corrected chi connectivity index (χ0v) is 17.9. The number of urea groups is 1. The maximum absolute atomic E-state index is 12.4. The second-order valence-electron chi connectivity index (χ2n) is 7.11. The fourth-order valence-electron chi connectivity index (χ4n) is 3.46. The third-order valence-corrected chi connectivity index (χ3v) is 6.20. The van der Waals surface area contributed by atoms with E-state index in [1.165, 1.54) is 11.3 Å². The molecule has 3 heterocycles. The van der Waals surface area contributed by atoms with Gasteiger partial charge in [-0.15, -0.1) is 10.2 Å². The van der Waals surface area contributed by atoms with Crippen LogP contribution < -0.4 is 15.5 Å². The van der Waals surface area contributed by atoms with Gasteiger partial charge in [0.2, 0.25) is 11.0 Å². The van der Waals surface area contributed by atoms with Gasteiger partial charge in [-0.3, -0.25) is 10.1 Å². The third kappa shape index (κ3) is 5.18. The van der Waals surface area contributed by atoms with Crippen molar-refractivity contribution < 1.29 is 14.3 Å². The van der Waals surface area contributed by atoms with Crippen molar-refractivity contribution in [2.45, 2.75) is 18.9 Å². The minimum Gasteiger partial charge on any atom is -0.371 e. The van der Waals surface area contributed by atoms with E-state index in [1.54, 1.807) is 4.90 Å². The molecule has 1 aromatic carbocycles. The summed E-state index contributed by atoms with van der Waals surface area (Å²) >= 11 is 7.36. The van der Waals surface area contributed by atoms with E-state index < -0.39 is 0 Å². The number of rotatable bonds is 5. The molecule has 3 amide bonds. The number of carbonyl (C=O) groups is 2. The number of ether oxygens (including phenoxy) is 1. The first-order valence-corrected chi connectivity index (χ1v) is 11.1. The third-order valence-electron chi connectivity index (χ3n) is 5.03. The van der Waals surface area contributed by atoms with Crippen LogP contribution in [0.1, 0.15) is 24.0 Å². The molecule has 160 valence electrons. The van der Waals surface area contributed by atoms with Gasteiger partial charge in [0.25, 0.3) is 0 Å². The van der Waals surface area contributed by atoms with Gasteiger partial charge < -0.3 is 19.9 Å². The van der Waals surface area contributed by atoms with E-state index in [0.29, 0.717) is 36.3 Å². The maximum atomic E-state index is 12.4. The fourth-order valence-corrected chi connectivity index (χ4v) is 4.49. The summed E-state index contributed by atoms with van der Waals surface area (Å²) in [4.78, 5) is 28.4.